The zero-order chi connectivity index (χ0) is 15.1. The van der Waals surface area contributed by atoms with Gasteiger partial charge in [-0.25, -0.2) is 4.98 Å². The van der Waals surface area contributed by atoms with E-state index in [1.165, 1.54) is 0 Å². The molecule has 0 atom stereocenters. The van der Waals surface area contributed by atoms with Crippen LogP contribution >= 0.6 is 0 Å². The summed E-state index contributed by atoms with van der Waals surface area (Å²) in [5.41, 5.74) is 4.25. The van der Waals surface area contributed by atoms with Crippen molar-refractivity contribution >= 4 is 22.7 Å². The number of aryl methyl sites for hydroxylation is 1. The lowest BCUT2D eigenvalue weighted by molar-refractivity contribution is -0.117. The molecule has 4 rings (SSSR count). The topological polar surface area (TPSA) is 55.1 Å². The lowest BCUT2D eigenvalue weighted by atomic mass is 10.1. The smallest absolute Gasteiger partial charge is 0.229 e. The number of oxazole rings is 1. The van der Waals surface area contributed by atoms with Gasteiger partial charge in [-0.2, -0.15) is 0 Å². The van der Waals surface area contributed by atoms with E-state index in [0.717, 1.165) is 40.8 Å². The molecule has 4 nitrogen and oxygen atoms in total. The Labute approximate surface area is 128 Å². The van der Waals surface area contributed by atoms with E-state index in [0.29, 0.717) is 5.89 Å². The first kappa shape index (κ1) is 13.1. The van der Waals surface area contributed by atoms with Crippen molar-refractivity contribution in [2.24, 2.45) is 5.92 Å². The Hall–Kier alpha value is -2.62. The van der Waals surface area contributed by atoms with Crippen LogP contribution in [0.5, 0.6) is 0 Å². The van der Waals surface area contributed by atoms with Crippen LogP contribution in [-0.4, -0.2) is 10.9 Å². The summed E-state index contributed by atoms with van der Waals surface area (Å²) in [6, 6.07) is 13.6. The number of fused-ring (bicyclic) bond motifs is 1. The second-order valence-electron chi connectivity index (χ2n) is 5.80. The molecule has 1 amide bonds. The number of amides is 1. The van der Waals surface area contributed by atoms with Gasteiger partial charge in [-0.3, -0.25) is 4.79 Å². The van der Waals surface area contributed by atoms with Gasteiger partial charge in [-0.15, -0.1) is 0 Å². The van der Waals surface area contributed by atoms with E-state index in [2.05, 4.69) is 10.3 Å². The van der Waals surface area contributed by atoms with E-state index in [1.807, 2.05) is 49.4 Å². The molecule has 1 saturated carbocycles. The summed E-state index contributed by atoms with van der Waals surface area (Å²) >= 11 is 0. The van der Waals surface area contributed by atoms with Crippen LogP contribution < -0.4 is 5.32 Å². The Balaban J connectivity index is 1.78. The quantitative estimate of drug-likeness (QED) is 0.789. The number of hydrogen-bond acceptors (Lipinski definition) is 3. The normalized spacial score (nSPS) is 14.2. The van der Waals surface area contributed by atoms with Crippen molar-refractivity contribution in [3.63, 3.8) is 0 Å². The highest BCUT2D eigenvalue weighted by Gasteiger charge is 2.30. The maximum atomic E-state index is 12.1. The van der Waals surface area contributed by atoms with Gasteiger partial charge >= 0.3 is 0 Å². The fraction of sp³-hybridized carbons (Fsp3) is 0.222. The molecule has 3 aromatic rings. The van der Waals surface area contributed by atoms with E-state index in [1.54, 1.807) is 0 Å². The highest BCUT2D eigenvalue weighted by Crippen LogP contribution is 2.34. The van der Waals surface area contributed by atoms with Gasteiger partial charge in [0.25, 0.3) is 0 Å². The van der Waals surface area contributed by atoms with Gasteiger partial charge in [-0.05, 0) is 44.0 Å². The van der Waals surface area contributed by atoms with Crippen LogP contribution in [0.25, 0.3) is 22.6 Å². The van der Waals surface area contributed by atoms with Crippen LogP contribution in [-0.2, 0) is 4.79 Å². The molecular weight excluding hydrogens is 276 g/mol. The summed E-state index contributed by atoms with van der Waals surface area (Å²) in [5.74, 6) is 0.787. The molecule has 1 N–H and O–H groups in total. The predicted molar refractivity (Wildman–Crippen MR) is 85.5 cm³/mol. The number of hydrogen-bond donors (Lipinski definition) is 1. The third kappa shape index (κ3) is 2.37. The number of aromatic nitrogens is 1. The minimum atomic E-state index is 0.0845. The van der Waals surface area contributed by atoms with Gasteiger partial charge in [0.15, 0.2) is 5.58 Å². The molecule has 0 aliphatic heterocycles. The Bertz CT molecular complexity index is 829. The third-order valence-electron chi connectivity index (χ3n) is 3.91. The minimum Gasteiger partial charge on any atom is -0.436 e. The number of anilines is 1. The van der Waals surface area contributed by atoms with E-state index in [-0.39, 0.29) is 11.8 Å². The van der Waals surface area contributed by atoms with E-state index in [9.17, 15) is 4.79 Å². The molecule has 1 heterocycles. The first-order valence-electron chi connectivity index (χ1n) is 7.48. The SMILES string of the molecule is Cc1ccc(NC(=O)C2CC2)c(-c2nc3ccccc3o2)c1. The highest BCUT2D eigenvalue weighted by atomic mass is 16.3. The second-order valence-corrected chi connectivity index (χ2v) is 5.80. The molecule has 0 spiro atoms. The molecule has 110 valence electrons. The van der Waals surface area contributed by atoms with Crippen LogP contribution in [0, 0.1) is 12.8 Å². The van der Waals surface area contributed by atoms with Crippen LogP contribution in [0.15, 0.2) is 46.9 Å². The molecular formula is C18H16N2O2. The lowest BCUT2D eigenvalue weighted by Gasteiger charge is -2.09. The average Bonchev–Trinajstić information content (AvgIpc) is 3.28. The molecule has 0 unspecified atom stereocenters. The molecule has 0 radical (unpaired) electrons. The average molecular weight is 292 g/mol. The van der Waals surface area contributed by atoms with Crippen molar-refractivity contribution in [2.45, 2.75) is 19.8 Å². The lowest BCUT2D eigenvalue weighted by Crippen LogP contribution is -2.14. The van der Waals surface area contributed by atoms with Crippen molar-refractivity contribution in [3.8, 4) is 11.5 Å². The van der Waals surface area contributed by atoms with Gasteiger partial charge in [0.05, 0.1) is 11.3 Å². The first-order valence-corrected chi connectivity index (χ1v) is 7.48. The largest absolute Gasteiger partial charge is 0.436 e. The molecule has 4 heteroatoms. The van der Waals surface area contributed by atoms with Crippen LogP contribution in [0.1, 0.15) is 18.4 Å². The highest BCUT2D eigenvalue weighted by molar-refractivity contribution is 5.97. The molecule has 1 aromatic heterocycles. The van der Waals surface area contributed by atoms with Gasteiger partial charge in [-0.1, -0.05) is 23.8 Å². The number of benzene rings is 2. The van der Waals surface area contributed by atoms with Gasteiger partial charge in [0, 0.05) is 5.92 Å². The van der Waals surface area contributed by atoms with Crippen LogP contribution in [0.2, 0.25) is 0 Å². The maximum Gasteiger partial charge on any atom is 0.229 e. The van der Waals surface area contributed by atoms with Gasteiger partial charge in [0.2, 0.25) is 11.8 Å². The first-order chi connectivity index (χ1) is 10.7. The molecule has 2 aromatic carbocycles. The Morgan fingerprint density at radius 2 is 2.05 bits per heavy atom. The summed E-state index contributed by atoms with van der Waals surface area (Å²) in [6.07, 6.45) is 1.96. The Morgan fingerprint density at radius 3 is 2.82 bits per heavy atom. The number of carbonyl (C=O) groups excluding carboxylic acids is 1. The summed E-state index contributed by atoms with van der Waals surface area (Å²) < 4.78 is 5.85. The van der Waals surface area contributed by atoms with Gasteiger partial charge in [0.1, 0.15) is 5.52 Å². The van der Waals surface area contributed by atoms with Crippen molar-refractivity contribution < 1.29 is 9.21 Å². The second kappa shape index (κ2) is 4.98. The Kier molecular flexibility index (Phi) is 2.96. The third-order valence-corrected chi connectivity index (χ3v) is 3.91. The van der Waals surface area contributed by atoms with Gasteiger partial charge < -0.3 is 9.73 Å². The fourth-order valence-corrected chi connectivity index (χ4v) is 2.51. The van der Waals surface area contributed by atoms with Crippen LogP contribution in [0.4, 0.5) is 5.69 Å². The van der Waals surface area contributed by atoms with Crippen molar-refractivity contribution in [1.82, 2.24) is 4.98 Å². The fourth-order valence-electron chi connectivity index (χ4n) is 2.51. The molecule has 22 heavy (non-hydrogen) atoms. The van der Waals surface area contributed by atoms with E-state index >= 15 is 0 Å². The summed E-state index contributed by atoms with van der Waals surface area (Å²) in [4.78, 5) is 16.6. The Morgan fingerprint density at radius 1 is 1.23 bits per heavy atom. The zero-order valence-electron chi connectivity index (χ0n) is 12.3. The minimum absolute atomic E-state index is 0.0845. The van der Waals surface area contributed by atoms with E-state index < -0.39 is 0 Å². The maximum absolute atomic E-state index is 12.1. The summed E-state index contributed by atoms with van der Waals surface area (Å²) in [7, 11) is 0. The summed E-state index contributed by atoms with van der Waals surface area (Å²) in [6.45, 7) is 2.01. The molecule has 1 aliphatic rings. The number of nitrogens with zero attached hydrogens (tertiary/aromatic N) is 1. The zero-order valence-corrected chi connectivity index (χ0v) is 12.3. The van der Waals surface area contributed by atoms with Crippen molar-refractivity contribution in [3.05, 3.63) is 48.0 Å². The number of rotatable bonds is 3. The van der Waals surface area contributed by atoms with Crippen molar-refractivity contribution in [2.75, 3.05) is 5.32 Å². The molecule has 1 aliphatic carbocycles. The number of para-hydroxylation sites is 2. The number of carbonyl (C=O) groups is 1. The molecule has 0 bridgehead atoms. The monoisotopic (exact) mass is 292 g/mol. The predicted octanol–water partition coefficient (Wildman–Crippen LogP) is 4.15. The van der Waals surface area contributed by atoms with Crippen LogP contribution in [0.3, 0.4) is 0 Å². The number of nitrogens with one attached hydrogen (secondary N) is 1. The molecule has 1 fully saturated rings. The summed E-state index contributed by atoms with van der Waals surface area (Å²) in [5, 5.41) is 3.00. The van der Waals surface area contributed by atoms with Crippen molar-refractivity contribution in [1.29, 1.82) is 0 Å². The standard InChI is InChI=1S/C18H16N2O2/c1-11-6-9-14(19-17(21)12-7-8-12)13(10-11)18-20-15-4-2-3-5-16(15)22-18/h2-6,9-10,12H,7-8H2,1H3,(H,19,21). The molecule has 0 saturated heterocycles. The van der Waals surface area contributed by atoms with E-state index in [4.69, 9.17) is 4.42 Å².